The minimum atomic E-state index is 0.446. The first-order chi connectivity index (χ1) is 6.41. The molecule has 0 aromatic carbocycles. The van der Waals surface area contributed by atoms with E-state index in [4.69, 9.17) is 0 Å². The third-order valence-corrected chi connectivity index (χ3v) is 3.29. The van der Waals surface area contributed by atoms with Crippen LogP contribution in [0.15, 0.2) is 0 Å². The lowest BCUT2D eigenvalue weighted by molar-refractivity contribution is 0.220. The molecule has 0 amide bonds. The SMILES string of the molecule is CCCNC(CC)CC(C)C(C)(C)C. The summed E-state index contributed by atoms with van der Waals surface area (Å²) in [6, 6.07) is 0.712. The van der Waals surface area contributed by atoms with Crippen molar-refractivity contribution in [3.05, 3.63) is 0 Å². The van der Waals surface area contributed by atoms with Crippen molar-refractivity contribution in [2.45, 2.75) is 66.8 Å². The average molecular weight is 199 g/mol. The zero-order chi connectivity index (χ0) is 11.2. The summed E-state index contributed by atoms with van der Waals surface area (Å²) in [5.41, 5.74) is 0.446. The topological polar surface area (TPSA) is 12.0 Å². The number of rotatable bonds is 6. The Hall–Kier alpha value is -0.0400. The summed E-state index contributed by atoms with van der Waals surface area (Å²) in [5.74, 6) is 0.789. The standard InChI is InChI=1S/C13H29N/c1-7-9-14-12(8-2)10-11(3)13(4,5)6/h11-12,14H,7-10H2,1-6H3. The van der Waals surface area contributed by atoms with Gasteiger partial charge in [-0.1, -0.05) is 41.5 Å². The van der Waals surface area contributed by atoms with E-state index in [1.807, 2.05) is 0 Å². The summed E-state index contributed by atoms with van der Waals surface area (Å²) in [5, 5.41) is 3.62. The highest BCUT2D eigenvalue weighted by molar-refractivity contribution is 4.76. The Morgan fingerprint density at radius 2 is 1.71 bits per heavy atom. The van der Waals surface area contributed by atoms with Gasteiger partial charge >= 0.3 is 0 Å². The quantitative estimate of drug-likeness (QED) is 0.685. The van der Waals surface area contributed by atoms with Crippen molar-refractivity contribution >= 4 is 0 Å². The van der Waals surface area contributed by atoms with Crippen LogP contribution in [0.4, 0.5) is 0 Å². The van der Waals surface area contributed by atoms with Crippen LogP contribution in [0.1, 0.15) is 60.8 Å². The molecule has 0 aliphatic carbocycles. The first-order valence-electron chi connectivity index (χ1n) is 6.15. The van der Waals surface area contributed by atoms with E-state index in [2.05, 4.69) is 46.9 Å². The summed E-state index contributed by atoms with van der Waals surface area (Å²) >= 11 is 0. The van der Waals surface area contributed by atoms with Crippen LogP contribution in [0, 0.1) is 11.3 Å². The van der Waals surface area contributed by atoms with Gasteiger partial charge in [0, 0.05) is 6.04 Å². The molecule has 0 aliphatic heterocycles. The smallest absolute Gasteiger partial charge is 0.00671 e. The summed E-state index contributed by atoms with van der Waals surface area (Å²) in [6.45, 7) is 15.1. The lowest BCUT2D eigenvalue weighted by Crippen LogP contribution is -2.33. The van der Waals surface area contributed by atoms with E-state index >= 15 is 0 Å². The van der Waals surface area contributed by atoms with E-state index in [0.29, 0.717) is 11.5 Å². The molecule has 0 rings (SSSR count). The van der Waals surface area contributed by atoms with Crippen LogP contribution in [0.5, 0.6) is 0 Å². The lowest BCUT2D eigenvalue weighted by atomic mass is 9.78. The largest absolute Gasteiger partial charge is 0.314 e. The highest BCUT2D eigenvalue weighted by Crippen LogP contribution is 2.29. The predicted molar refractivity (Wildman–Crippen MR) is 65.6 cm³/mol. The Morgan fingerprint density at radius 1 is 1.14 bits per heavy atom. The minimum absolute atomic E-state index is 0.446. The van der Waals surface area contributed by atoms with Gasteiger partial charge in [-0.2, -0.15) is 0 Å². The van der Waals surface area contributed by atoms with Crippen molar-refractivity contribution in [3.63, 3.8) is 0 Å². The van der Waals surface area contributed by atoms with Gasteiger partial charge in [0.05, 0.1) is 0 Å². The van der Waals surface area contributed by atoms with Crippen molar-refractivity contribution in [2.75, 3.05) is 6.54 Å². The van der Waals surface area contributed by atoms with E-state index in [1.54, 1.807) is 0 Å². The maximum atomic E-state index is 3.62. The molecule has 2 atom stereocenters. The van der Waals surface area contributed by atoms with Gasteiger partial charge in [-0.05, 0) is 37.1 Å². The van der Waals surface area contributed by atoms with Crippen LogP contribution in [0.25, 0.3) is 0 Å². The molecule has 1 nitrogen and oxygen atoms in total. The van der Waals surface area contributed by atoms with E-state index in [0.717, 1.165) is 12.5 Å². The maximum absolute atomic E-state index is 3.62. The van der Waals surface area contributed by atoms with Crippen molar-refractivity contribution in [1.82, 2.24) is 5.32 Å². The van der Waals surface area contributed by atoms with Crippen LogP contribution in [0.3, 0.4) is 0 Å². The van der Waals surface area contributed by atoms with Crippen LogP contribution in [0.2, 0.25) is 0 Å². The molecule has 0 saturated carbocycles. The fourth-order valence-electron chi connectivity index (χ4n) is 1.52. The fourth-order valence-corrected chi connectivity index (χ4v) is 1.52. The number of hydrogen-bond acceptors (Lipinski definition) is 1. The molecule has 1 N–H and O–H groups in total. The second-order valence-electron chi connectivity index (χ2n) is 5.56. The second kappa shape index (κ2) is 6.44. The molecule has 0 fully saturated rings. The number of hydrogen-bond donors (Lipinski definition) is 1. The highest BCUT2D eigenvalue weighted by Gasteiger charge is 2.22. The van der Waals surface area contributed by atoms with Crippen LogP contribution < -0.4 is 5.32 Å². The van der Waals surface area contributed by atoms with Crippen molar-refractivity contribution < 1.29 is 0 Å². The molecule has 2 unspecified atom stereocenters. The minimum Gasteiger partial charge on any atom is -0.314 e. The molecule has 0 aliphatic rings. The van der Waals surface area contributed by atoms with Crippen LogP contribution >= 0.6 is 0 Å². The summed E-state index contributed by atoms with van der Waals surface area (Å²) in [4.78, 5) is 0. The van der Waals surface area contributed by atoms with Crippen molar-refractivity contribution in [2.24, 2.45) is 11.3 Å². The van der Waals surface area contributed by atoms with Crippen molar-refractivity contribution in [1.29, 1.82) is 0 Å². The molecular formula is C13H29N. The van der Waals surface area contributed by atoms with Gasteiger partial charge in [0.1, 0.15) is 0 Å². The molecule has 1 heteroatoms. The van der Waals surface area contributed by atoms with E-state index in [-0.39, 0.29) is 0 Å². The van der Waals surface area contributed by atoms with Gasteiger partial charge in [0.2, 0.25) is 0 Å². The van der Waals surface area contributed by atoms with Crippen molar-refractivity contribution in [3.8, 4) is 0 Å². The Labute approximate surface area is 90.7 Å². The Balaban J connectivity index is 3.92. The van der Waals surface area contributed by atoms with Crippen LogP contribution in [-0.4, -0.2) is 12.6 Å². The van der Waals surface area contributed by atoms with Gasteiger partial charge in [0.15, 0.2) is 0 Å². The van der Waals surface area contributed by atoms with Gasteiger partial charge in [-0.25, -0.2) is 0 Å². The molecule has 0 aromatic heterocycles. The summed E-state index contributed by atoms with van der Waals surface area (Å²) < 4.78 is 0. The normalized spacial score (nSPS) is 16.7. The molecular weight excluding hydrogens is 170 g/mol. The summed E-state index contributed by atoms with van der Waals surface area (Å²) in [6.07, 6.45) is 3.79. The van der Waals surface area contributed by atoms with Gasteiger partial charge < -0.3 is 5.32 Å². The van der Waals surface area contributed by atoms with Gasteiger partial charge in [0.25, 0.3) is 0 Å². The predicted octanol–water partition coefficient (Wildman–Crippen LogP) is 3.84. The van der Waals surface area contributed by atoms with E-state index in [1.165, 1.54) is 19.3 Å². The third-order valence-electron chi connectivity index (χ3n) is 3.29. The molecule has 86 valence electrons. The van der Waals surface area contributed by atoms with Gasteiger partial charge in [-0.15, -0.1) is 0 Å². The summed E-state index contributed by atoms with van der Waals surface area (Å²) in [7, 11) is 0. The maximum Gasteiger partial charge on any atom is 0.00671 e. The van der Waals surface area contributed by atoms with E-state index < -0.39 is 0 Å². The molecule has 0 bridgehead atoms. The molecule has 0 radical (unpaired) electrons. The molecule has 0 spiro atoms. The molecule has 0 heterocycles. The number of nitrogens with one attached hydrogen (secondary N) is 1. The Kier molecular flexibility index (Phi) is 6.43. The first-order valence-corrected chi connectivity index (χ1v) is 6.15. The molecule has 0 saturated heterocycles. The lowest BCUT2D eigenvalue weighted by Gasteiger charge is -2.30. The van der Waals surface area contributed by atoms with Gasteiger partial charge in [-0.3, -0.25) is 0 Å². The third kappa shape index (κ3) is 5.64. The average Bonchev–Trinajstić information content (AvgIpc) is 2.10. The zero-order valence-electron chi connectivity index (χ0n) is 11.0. The Bertz CT molecular complexity index is 135. The molecule has 14 heavy (non-hydrogen) atoms. The fraction of sp³-hybridized carbons (Fsp3) is 1.00. The first kappa shape index (κ1) is 14.0. The van der Waals surface area contributed by atoms with Crippen LogP contribution in [-0.2, 0) is 0 Å². The zero-order valence-corrected chi connectivity index (χ0v) is 11.0. The second-order valence-corrected chi connectivity index (χ2v) is 5.56. The van der Waals surface area contributed by atoms with E-state index in [9.17, 15) is 0 Å². The highest BCUT2D eigenvalue weighted by atomic mass is 14.9. The Morgan fingerprint density at radius 3 is 2.07 bits per heavy atom. The monoisotopic (exact) mass is 199 g/mol. The molecule has 0 aromatic rings.